The van der Waals surface area contributed by atoms with Crippen LogP contribution in [0.4, 0.5) is 0 Å². The molecule has 2 atom stereocenters. The summed E-state index contributed by atoms with van der Waals surface area (Å²) in [4.78, 5) is 13.9. The number of nitrogens with zero attached hydrogens (tertiary/aromatic N) is 2. The van der Waals surface area contributed by atoms with E-state index in [0.29, 0.717) is 38.2 Å². The number of para-hydroxylation sites is 1. The van der Waals surface area contributed by atoms with E-state index in [9.17, 15) is 13.2 Å². The SMILES string of the molecule is COC(=O)CN1CC[C@@H]2Oc3ccccc3S(=O)(=O)N(CC(C)C)[C@H]2CC1. The van der Waals surface area contributed by atoms with Crippen LogP contribution in [0.25, 0.3) is 0 Å². The monoisotopic (exact) mass is 396 g/mol. The van der Waals surface area contributed by atoms with Gasteiger partial charge in [0.2, 0.25) is 10.0 Å². The molecule has 8 heteroatoms. The summed E-state index contributed by atoms with van der Waals surface area (Å²) in [6, 6.07) is 6.61. The molecule has 27 heavy (non-hydrogen) atoms. The van der Waals surface area contributed by atoms with Crippen LogP contribution in [0, 0.1) is 5.92 Å². The molecule has 0 bridgehead atoms. The third-order valence-electron chi connectivity index (χ3n) is 5.11. The molecule has 1 saturated heterocycles. The number of carbonyl (C=O) groups is 1. The molecule has 0 radical (unpaired) electrons. The third kappa shape index (κ3) is 4.28. The summed E-state index contributed by atoms with van der Waals surface area (Å²) in [5, 5.41) is 0. The zero-order valence-corrected chi connectivity index (χ0v) is 16.9. The van der Waals surface area contributed by atoms with Crippen LogP contribution in [0.2, 0.25) is 0 Å². The Kier molecular flexibility index (Phi) is 6.08. The smallest absolute Gasteiger partial charge is 0.319 e. The molecule has 0 aromatic heterocycles. The van der Waals surface area contributed by atoms with Crippen LogP contribution < -0.4 is 4.74 Å². The first-order valence-electron chi connectivity index (χ1n) is 9.39. The summed E-state index contributed by atoms with van der Waals surface area (Å²) in [5.74, 6) is 0.329. The molecular weight excluding hydrogens is 368 g/mol. The number of rotatable bonds is 4. The zero-order chi connectivity index (χ0) is 19.6. The van der Waals surface area contributed by atoms with Crippen LogP contribution in [0.3, 0.4) is 0 Å². The van der Waals surface area contributed by atoms with Crippen molar-refractivity contribution >= 4 is 16.0 Å². The highest BCUT2D eigenvalue weighted by Crippen LogP contribution is 2.36. The third-order valence-corrected chi connectivity index (χ3v) is 7.04. The summed E-state index contributed by atoms with van der Waals surface area (Å²) >= 11 is 0. The fourth-order valence-electron chi connectivity index (χ4n) is 3.81. The van der Waals surface area contributed by atoms with Crippen molar-refractivity contribution in [2.75, 3.05) is 33.3 Å². The van der Waals surface area contributed by atoms with Crippen molar-refractivity contribution in [1.29, 1.82) is 0 Å². The number of likely N-dealkylation sites (tertiary alicyclic amines) is 1. The van der Waals surface area contributed by atoms with Gasteiger partial charge in [0.15, 0.2) is 0 Å². The molecule has 0 N–H and O–H groups in total. The molecule has 0 unspecified atom stereocenters. The summed E-state index contributed by atoms with van der Waals surface area (Å²) in [6.07, 6.45) is 1.02. The minimum absolute atomic E-state index is 0.195. The van der Waals surface area contributed by atoms with Gasteiger partial charge in [-0.3, -0.25) is 9.69 Å². The van der Waals surface area contributed by atoms with Crippen LogP contribution in [-0.4, -0.2) is 69.0 Å². The largest absolute Gasteiger partial charge is 0.487 e. The zero-order valence-electron chi connectivity index (χ0n) is 16.1. The summed E-state index contributed by atoms with van der Waals surface area (Å²) in [6.45, 7) is 5.97. The molecule has 2 aliphatic heterocycles. The van der Waals surface area contributed by atoms with Crippen LogP contribution in [0.1, 0.15) is 26.7 Å². The topological polar surface area (TPSA) is 76.1 Å². The highest BCUT2D eigenvalue weighted by molar-refractivity contribution is 7.89. The Labute approximate surface area is 161 Å². The van der Waals surface area contributed by atoms with Crippen molar-refractivity contribution in [3.05, 3.63) is 24.3 Å². The molecule has 1 fully saturated rings. The van der Waals surface area contributed by atoms with Crippen molar-refractivity contribution in [2.45, 2.75) is 43.7 Å². The van der Waals surface area contributed by atoms with Gasteiger partial charge in [-0.25, -0.2) is 8.42 Å². The van der Waals surface area contributed by atoms with Crippen LogP contribution in [-0.2, 0) is 19.6 Å². The van der Waals surface area contributed by atoms with Gasteiger partial charge in [-0.15, -0.1) is 0 Å². The number of methoxy groups -OCH3 is 1. The standard InChI is InChI=1S/C19H28N2O5S/c1-14(2)12-21-15-8-10-20(13-19(22)25-3)11-9-16(15)26-17-6-4-5-7-18(17)27(21,23)24/h4-7,14-16H,8-13H2,1-3H3/t15-,16-/m0/s1. The van der Waals surface area contributed by atoms with Crippen LogP contribution in [0.5, 0.6) is 5.75 Å². The van der Waals surface area contributed by atoms with Gasteiger partial charge in [-0.05, 0) is 30.9 Å². The van der Waals surface area contributed by atoms with E-state index in [0.717, 1.165) is 0 Å². The van der Waals surface area contributed by atoms with Gasteiger partial charge in [0, 0.05) is 19.6 Å². The summed E-state index contributed by atoms with van der Waals surface area (Å²) < 4.78 is 39.4. The fourth-order valence-corrected chi connectivity index (χ4v) is 5.77. The Morgan fingerprint density at radius 2 is 1.96 bits per heavy atom. The number of fused-ring (bicyclic) bond motifs is 2. The molecular formula is C19H28N2O5S. The molecule has 0 spiro atoms. The predicted molar refractivity (Wildman–Crippen MR) is 101 cm³/mol. The van der Waals surface area contributed by atoms with E-state index < -0.39 is 10.0 Å². The molecule has 1 aromatic rings. The number of sulfonamides is 1. The lowest BCUT2D eigenvalue weighted by atomic mass is 10.0. The molecule has 150 valence electrons. The maximum absolute atomic E-state index is 13.4. The number of ether oxygens (including phenoxy) is 2. The second kappa shape index (κ2) is 8.16. The van der Waals surface area contributed by atoms with E-state index in [1.165, 1.54) is 7.11 Å². The number of hydrogen-bond donors (Lipinski definition) is 0. The van der Waals surface area contributed by atoms with E-state index in [4.69, 9.17) is 9.47 Å². The minimum atomic E-state index is -3.65. The molecule has 0 saturated carbocycles. The molecule has 3 rings (SSSR count). The number of esters is 1. The Morgan fingerprint density at radius 1 is 1.26 bits per heavy atom. The van der Waals surface area contributed by atoms with Crippen molar-refractivity contribution in [3.8, 4) is 5.75 Å². The van der Waals surface area contributed by atoms with Gasteiger partial charge in [0.1, 0.15) is 16.7 Å². The van der Waals surface area contributed by atoms with E-state index in [1.807, 2.05) is 18.7 Å². The minimum Gasteiger partial charge on any atom is -0.487 e. The average molecular weight is 397 g/mol. The molecule has 2 heterocycles. The van der Waals surface area contributed by atoms with Gasteiger partial charge in [0.05, 0.1) is 19.7 Å². The summed E-state index contributed by atoms with van der Waals surface area (Å²) in [5.41, 5.74) is 0. The fraction of sp³-hybridized carbons (Fsp3) is 0.632. The van der Waals surface area contributed by atoms with Crippen molar-refractivity contribution < 1.29 is 22.7 Å². The first kappa shape index (κ1) is 20.1. The maximum Gasteiger partial charge on any atom is 0.319 e. The van der Waals surface area contributed by atoms with Crippen LogP contribution in [0.15, 0.2) is 29.2 Å². The lowest BCUT2D eigenvalue weighted by molar-refractivity contribution is -0.141. The molecule has 1 aromatic carbocycles. The molecule has 2 aliphatic rings. The van der Waals surface area contributed by atoms with E-state index in [2.05, 4.69) is 0 Å². The van der Waals surface area contributed by atoms with Gasteiger partial charge >= 0.3 is 5.97 Å². The Balaban J connectivity index is 1.94. The normalized spacial score (nSPS) is 25.6. The van der Waals surface area contributed by atoms with Gasteiger partial charge in [0.25, 0.3) is 0 Å². The van der Waals surface area contributed by atoms with Gasteiger partial charge in [-0.2, -0.15) is 4.31 Å². The molecule has 0 aliphatic carbocycles. The predicted octanol–water partition coefficient (Wildman–Crippen LogP) is 1.73. The molecule has 0 amide bonds. The number of carbonyl (C=O) groups excluding carboxylic acids is 1. The highest BCUT2D eigenvalue weighted by atomic mass is 32.2. The average Bonchev–Trinajstić information content (AvgIpc) is 2.86. The van der Waals surface area contributed by atoms with E-state index in [1.54, 1.807) is 28.6 Å². The first-order valence-corrected chi connectivity index (χ1v) is 10.8. The van der Waals surface area contributed by atoms with Crippen molar-refractivity contribution in [2.24, 2.45) is 5.92 Å². The lowest BCUT2D eigenvalue weighted by Gasteiger charge is -2.32. The second-order valence-corrected chi connectivity index (χ2v) is 9.43. The quantitative estimate of drug-likeness (QED) is 0.722. The Morgan fingerprint density at radius 3 is 2.67 bits per heavy atom. The van der Waals surface area contributed by atoms with Crippen molar-refractivity contribution in [3.63, 3.8) is 0 Å². The first-order chi connectivity index (χ1) is 12.8. The highest BCUT2D eigenvalue weighted by Gasteiger charge is 2.43. The summed E-state index contributed by atoms with van der Waals surface area (Å²) in [7, 11) is -2.27. The Bertz CT molecular complexity index is 780. The Hall–Kier alpha value is -1.64. The number of hydrogen-bond acceptors (Lipinski definition) is 6. The van der Waals surface area contributed by atoms with Gasteiger partial charge < -0.3 is 9.47 Å². The lowest BCUT2D eigenvalue weighted by Crippen LogP contribution is -2.48. The van der Waals surface area contributed by atoms with E-state index >= 15 is 0 Å². The second-order valence-electron chi connectivity index (χ2n) is 7.57. The maximum atomic E-state index is 13.4. The van der Waals surface area contributed by atoms with Gasteiger partial charge in [-0.1, -0.05) is 26.0 Å². The van der Waals surface area contributed by atoms with Crippen LogP contribution >= 0.6 is 0 Å². The number of benzene rings is 1. The van der Waals surface area contributed by atoms with E-state index in [-0.39, 0.29) is 35.5 Å². The van der Waals surface area contributed by atoms with Crippen molar-refractivity contribution in [1.82, 2.24) is 9.21 Å². The molecule has 7 nitrogen and oxygen atoms in total.